The third-order valence-electron chi connectivity index (χ3n) is 1.86. The molecule has 0 amide bonds. The molecule has 1 heterocycles. The van der Waals surface area contributed by atoms with Crippen LogP contribution in [-0.4, -0.2) is 29.0 Å². The van der Waals surface area contributed by atoms with Crippen LogP contribution in [0, 0.1) is 10.1 Å². The quantitative estimate of drug-likeness (QED) is 0.260. The maximum atomic E-state index is 9.96. The summed E-state index contributed by atoms with van der Waals surface area (Å²) in [6.45, 7) is 1.56. The smallest absolute Gasteiger partial charge is 0.268 e. The molecule has 12 heavy (non-hydrogen) atoms. The predicted octanol–water partition coefficient (Wildman–Crippen LogP) is -0.0213. The largest absolute Gasteiger partial charge is 0.365 e. The second kappa shape index (κ2) is 3.89. The fourth-order valence-corrected chi connectivity index (χ4v) is 1.27. The Morgan fingerprint density at radius 1 is 1.42 bits per heavy atom. The van der Waals surface area contributed by atoms with Crippen molar-refractivity contribution >= 4 is 5.96 Å². The molecule has 1 rings (SSSR count). The summed E-state index contributed by atoms with van der Waals surface area (Å²) in [7, 11) is 0. The van der Waals surface area contributed by atoms with E-state index >= 15 is 0 Å². The molecule has 0 aromatic carbocycles. The predicted molar refractivity (Wildman–Crippen MR) is 44.0 cm³/mol. The fraction of sp³-hybridized carbons (Fsp3) is 0.833. The van der Waals surface area contributed by atoms with E-state index in [1.165, 1.54) is 6.42 Å². The maximum Gasteiger partial charge on any atom is 0.268 e. The number of rotatable bonds is 1. The Morgan fingerprint density at radius 3 is 2.50 bits per heavy atom. The summed E-state index contributed by atoms with van der Waals surface area (Å²) in [4.78, 5) is 11.7. The van der Waals surface area contributed by atoms with Crippen LogP contribution in [0.4, 0.5) is 0 Å². The molecule has 0 atom stereocenters. The van der Waals surface area contributed by atoms with E-state index in [4.69, 9.17) is 5.73 Å². The molecule has 0 spiro atoms. The molecule has 1 aliphatic heterocycles. The van der Waals surface area contributed by atoms with Crippen molar-refractivity contribution < 1.29 is 5.03 Å². The summed E-state index contributed by atoms with van der Waals surface area (Å²) in [5, 5.41) is 12.2. The van der Waals surface area contributed by atoms with Crippen molar-refractivity contribution in [3.8, 4) is 0 Å². The Balaban J connectivity index is 2.49. The molecule has 1 saturated heterocycles. The number of piperidine rings is 1. The zero-order valence-corrected chi connectivity index (χ0v) is 6.77. The van der Waals surface area contributed by atoms with Gasteiger partial charge < -0.3 is 10.6 Å². The van der Waals surface area contributed by atoms with Crippen LogP contribution in [-0.2, 0) is 0 Å². The Hall–Kier alpha value is -1.33. The first-order valence-corrected chi connectivity index (χ1v) is 3.93. The van der Waals surface area contributed by atoms with Gasteiger partial charge in [0.25, 0.3) is 5.96 Å². The van der Waals surface area contributed by atoms with Crippen molar-refractivity contribution in [3.63, 3.8) is 0 Å². The molecular weight excluding hydrogens is 160 g/mol. The van der Waals surface area contributed by atoms with Crippen molar-refractivity contribution in [2.75, 3.05) is 13.1 Å². The highest BCUT2D eigenvalue weighted by Gasteiger charge is 2.14. The number of nitrogens with two attached hydrogens (primary N) is 1. The first kappa shape index (κ1) is 8.76. The van der Waals surface area contributed by atoms with Gasteiger partial charge in [-0.1, -0.05) is 0 Å². The summed E-state index contributed by atoms with van der Waals surface area (Å²) in [5.41, 5.74) is 5.38. The van der Waals surface area contributed by atoms with Crippen LogP contribution in [0.15, 0.2) is 5.10 Å². The average Bonchev–Trinajstić information content (AvgIpc) is 2.05. The lowest BCUT2D eigenvalue weighted by Crippen LogP contribution is -2.41. The second-order valence-electron chi connectivity index (χ2n) is 2.74. The summed E-state index contributed by atoms with van der Waals surface area (Å²) in [6.07, 6.45) is 3.24. The number of hydrazone groups is 1. The zero-order valence-electron chi connectivity index (χ0n) is 6.77. The van der Waals surface area contributed by atoms with Crippen LogP contribution in [0.5, 0.6) is 0 Å². The van der Waals surface area contributed by atoms with Gasteiger partial charge in [0.2, 0.25) is 0 Å². The molecule has 1 fully saturated rings. The highest BCUT2D eigenvalue weighted by molar-refractivity contribution is 5.77. The molecule has 2 N–H and O–H groups in total. The molecule has 68 valence electrons. The number of nitrogens with zero attached hydrogens (tertiary/aromatic N) is 3. The van der Waals surface area contributed by atoms with Gasteiger partial charge in [0.1, 0.15) is 5.10 Å². The molecule has 0 aromatic heterocycles. The van der Waals surface area contributed by atoms with E-state index in [2.05, 4.69) is 5.10 Å². The number of hydrogen-bond acceptors (Lipinski definition) is 2. The van der Waals surface area contributed by atoms with Crippen molar-refractivity contribution in [1.29, 1.82) is 0 Å². The minimum Gasteiger partial charge on any atom is -0.365 e. The lowest BCUT2D eigenvalue weighted by Gasteiger charge is -2.25. The molecule has 0 unspecified atom stereocenters. The molecule has 0 bridgehead atoms. The van der Waals surface area contributed by atoms with Gasteiger partial charge in [0.15, 0.2) is 5.03 Å². The SMILES string of the molecule is NC(=N[N+](=O)[O-])N1CCCCC1. The molecular formula is C6H12N4O2. The van der Waals surface area contributed by atoms with Gasteiger partial charge >= 0.3 is 0 Å². The van der Waals surface area contributed by atoms with Gasteiger partial charge in [0.05, 0.1) is 0 Å². The lowest BCUT2D eigenvalue weighted by molar-refractivity contribution is -0.485. The third kappa shape index (κ3) is 2.37. The average molecular weight is 172 g/mol. The Kier molecular flexibility index (Phi) is 2.84. The molecule has 0 aliphatic carbocycles. The van der Waals surface area contributed by atoms with Gasteiger partial charge in [-0.05, 0) is 19.3 Å². The lowest BCUT2D eigenvalue weighted by atomic mass is 10.1. The zero-order chi connectivity index (χ0) is 8.97. The summed E-state index contributed by atoms with van der Waals surface area (Å²) in [6, 6.07) is 0. The van der Waals surface area contributed by atoms with Crippen LogP contribution in [0.3, 0.4) is 0 Å². The standard InChI is InChI=1S/C6H12N4O2/c7-6(8-10(11)12)9-4-2-1-3-5-9/h1-5H2,(H2,7,8). The van der Waals surface area contributed by atoms with Crippen molar-refractivity contribution in [2.45, 2.75) is 19.3 Å². The second-order valence-corrected chi connectivity index (χ2v) is 2.74. The minimum atomic E-state index is -0.760. The van der Waals surface area contributed by atoms with Gasteiger partial charge in [-0.2, -0.15) is 0 Å². The van der Waals surface area contributed by atoms with Crippen molar-refractivity contribution in [2.24, 2.45) is 10.8 Å². The third-order valence-corrected chi connectivity index (χ3v) is 1.86. The van der Waals surface area contributed by atoms with E-state index in [1.807, 2.05) is 0 Å². The highest BCUT2D eigenvalue weighted by Crippen LogP contribution is 2.07. The van der Waals surface area contributed by atoms with Crippen LogP contribution in [0.1, 0.15) is 19.3 Å². The molecule has 1 aliphatic rings. The van der Waals surface area contributed by atoms with E-state index in [0.717, 1.165) is 25.9 Å². The maximum absolute atomic E-state index is 9.96. The van der Waals surface area contributed by atoms with E-state index in [9.17, 15) is 10.1 Å². The highest BCUT2D eigenvalue weighted by atomic mass is 16.7. The van der Waals surface area contributed by atoms with Crippen molar-refractivity contribution in [3.05, 3.63) is 10.1 Å². The van der Waals surface area contributed by atoms with Gasteiger partial charge in [-0.25, -0.2) is 10.1 Å². The van der Waals surface area contributed by atoms with Gasteiger partial charge in [-0.3, -0.25) is 0 Å². The first-order valence-electron chi connectivity index (χ1n) is 3.93. The molecule has 6 nitrogen and oxygen atoms in total. The van der Waals surface area contributed by atoms with Crippen molar-refractivity contribution in [1.82, 2.24) is 4.90 Å². The number of nitro groups is 1. The van der Waals surface area contributed by atoms with E-state index in [-0.39, 0.29) is 5.96 Å². The number of guanidine groups is 1. The summed E-state index contributed by atoms with van der Waals surface area (Å²) < 4.78 is 0. The molecule has 6 heteroatoms. The van der Waals surface area contributed by atoms with Gasteiger partial charge in [-0.15, -0.1) is 0 Å². The van der Waals surface area contributed by atoms with E-state index in [1.54, 1.807) is 4.90 Å². The number of hydrogen-bond donors (Lipinski definition) is 1. The van der Waals surface area contributed by atoms with Crippen LogP contribution < -0.4 is 5.73 Å². The van der Waals surface area contributed by atoms with Gasteiger partial charge in [0, 0.05) is 13.1 Å². The summed E-state index contributed by atoms with van der Waals surface area (Å²) in [5.74, 6) is 0.0275. The molecule has 0 aromatic rings. The number of likely N-dealkylation sites (tertiary alicyclic amines) is 1. The molecule has 0 saturated carbocycles. The topological polar surface area (TPSA) is 84.8 Å². The monoisotopic (exact) mass is 172 g/mol. The van der Waals surface area contributed by atoms with E-state index in [0.29, 0.717) is 0 Å². The van der Waals surface area contributed by atoms with Crippen LogP contribution >= 0.6 is 0 Å². The Bertz CT molecular complexity index is 198. The first-order chi connectivity index (χ1) is 5.70. The fourth-order valence-electron chi connectivity index (χ4n) is 1.27. The van der Waals surface area contributed by atoms with Crippen LogP contribution in [0.25, 0.3) is 0 Å². The summed E-state index contributed by atoms with van der Waals surface area (Å²) >= 11 is 0. The van der Waals surface area contributed by atoms with E-state index < -0.39 is 5.03 Å². The Morgan fingerprint density at radius 2 is 2.00 bits per heavy atom. The van der Waals surface area contributed by atoms with Crippen LogP contribution in [0.2, 0.25) is 0 Å². The normalized spacial score (nSPS) is 19.3. The Labute approximate surface area is 70.2 Å². The minimum absolute atomic E-state index is 0.0275. The molecule has 0 radical (unpaired) electrons.